The maximum absolute atomic E-state index is 13.1. The summed E-state index contributed by atoms with van der Waals surface area (Å²) in [6.07, 6.45) is 1.51. The number of hydrogen-bond donors (Lipinski definition) is 0. The molecule has 0 spiro atoms. The second-order valence-electron chi connectivity index (χ2n) is 6.43. The van der Waals surface area contributed by atoms with Gasteiger partial charge < -0.3 is 4.74 Å². The standard InChI is InChI=1S/C17H25FN2O/c1-3-12(2)16-5-4-15(13-6-7-21-11-13)17(19-16)10-20-8-14(18)9-20/h4-5,12-14H,3,6-11H2,1-2H3. The quantitative estimate of drug-likeness (QED) is 0.833. The monoisotopic (exact) mass is 292 g/mol. The van der Waals surface area contributed by atoms with Crippen molar-refractivity contribution >= 4 is 0 Å². The maximum Gasteiger partial charge on any atom is 0.125 e. The lowest BCUT2D eigenvalue weighted by Crippen LogP contribution is -2.47. The van der Waals surface area contributed by atoms with E-state index in [2.05, 4.69) is 30.9 Å². The molecule has 1 aromatic heterocycles. The number of halogens is 1. The summed E-state index contributed by atoms with van der Waals surface area (Å²) in [6.45, 7) is 7.92. The molecule has 2 aliphatic rings. The third-order valence-corrected chi connectivity index (χ3v) is 4.80. The zero-order chi connectivity index (χ0) is 14.8. The van der Waals surface area contributed by atoms with Gasteiger partial charge in [-0.3, -0.25) is 9.88 Å². The minimum absolute atomic E-state index is 0.459. The highest BCUT2D eigenvalue weighted by atomic mass is 19.1. The van der Waals surface area contributed by atoms with E-state index in [1.807, 2.05) is 0 Å². The molecule has 3 heterocycles. The van der Waals surface area contributed by atoms with Crippen LogP contribution in [0.4, 0.5) is 4.39 Å². The van der Waals surface area contributed by atoms with Crippen LogP contribution in [-0.4, -0.2) is 42.4 Å². The van der Waals surface area contributed by atoms with Gasteiger partial charge in [0.15, 0.2) is 0 Å². The number of rotatable bonds is 5. The van der Waals surface area contributed by atoms with Crippen molar-refractivity contribution in [2.24, 2.45) is 0 Å². The van der Waals surface area contributed by atoms with Gasteiger partial charge in [-0.25, -0.2) is 4.39 Å². The van der Waals surface area contributed by atoms with Gasteiger partial charge in [-0.05, 0) is 30.4 Å². The molecular weight excluding hydrogens is 267 g/mol. The van der Waals surface area contributed by atoms with Gasteiger partial charge in [0.25, 0.3) is 0 Å². The van der Waals surface area contributed by atoms with Crippen LogP contribution in [0.1, 0.15) is 55.5 Å². The number of pyridine rings is 1. The minimum Gasteiger partial charge on any atom is -0.381 e. The van der Waals surface area contributed by atoms with Crippen molar-refractivity contribution in [3.63, 3.8) is 0 Å². The Kier molecular flexibility index (Phi) is 4.55. The first-order valence-electron chi connectivity index (χ1n) is 8.11. The van der Waals surface area contributed by atoms with Gasteiger partial charge in [-0.1, -0.05) is 19.9 Å². The Morgan fingerprint density at radius 1 is 1.43 bits per heavy atom. The molecule has 2 atom stereocenters. The van der Waals surface area contributed by atoms with Crippen LogP contribution < -0.4 is 0 Å². The summed E-state index contributed by atoms with van der Waals surface area (Å²) in [5.74, 6) is 0.934. The number of nitrogens with zero attached hydrogens (tertiary/aromatic N) is 2. The first-order chi connectivity index (χ1) is 10.2. The molecule has 3 rings (SSSR count). The molecule has 0 aromatic carbocycles. The summed E-state index contributed by atoms with van der Waals surface area (Å²) < 4.78 is 18.6. The highest BCUT2D eigenvalue weighted by molar-refractivity contribution is 5.29. The normalized spacial score (nSPS) is 25.0. The fraction of sp³-hybridized carbons (Fsp3) is 0.706. The van der Waals surface area contributed by atoms with E-state index in [1.165, 1.54) is 5.56 Å². The topological polar surface area (TPSA) is 25.4 Å². The first-order valence-corrected chi connectivity index (χ1v) is 8.11. The lowest BCUT2D eigenvalue weighted by Gasteiger charge is -2.34. The Balaban J connectivity index is 1.83. The van der Waals surface area contributed by atoms with Crippen LogP contribution in [0.2, 0.25) is 0 Å². The van der Waals surface area contributed by atoms with Gasteiger partial charge in [0.2, 0.25) is 0 Å². The molecule has 0 N–H and O–H groups in total. The molecule has 2 aliphatic heterocycles. The minimum atomic E-state index is -0.652. The van der Waals surface area contributed by atoms with Crippen LogP contribution in [0.15, 0.2) is 12.1 Å². The predicted molar refractivity (Wildman–Crippen MR) is 81.3 cm³/mol. The highest BCUT2D eigenvalue weighted by Crippen LogP contribution is 2.30. The predicted octanol–water partition coefficient (Wildman–Crippen LogP) is 3.25. The average molecular weight is 292 g/mol. The molecule has 0 radical (unpaired) electrons. The largest absolute Gasteiger partial charge is 0.381 e. The Morgan fingerprint density at radius 3 is 2.86 bits per heavy atom. The molecule has 2 fully saturated rings. The fourth-order valence-electron chi connectivity index (χ4n) is 3.14. The molecule has 0 bridgehead atoms. The Hall–Kier alpha value is -1.00. The number of likely N-dealkylation sites (tertiary alicyclic amines) is 1. The molecule has 0 saturated carbocycles. The molecular formula is C17H25FN2O. The maximum atomic E-state index is 13.1. The molecule has 0 amide bonds. The molecule has 21 heavy (non-hydrogen) atoms. The Bertz CT molecular complexity index is 482. The first kappa shape index (κ1) is 14.9. The molecule has 1 aromatic rings. The molecule has 2 unspecified atom stereocenters. The molecule has 2 saturated heterocycles. The third-order valence-electron chi connectivity index (χ3n) is 4.80. The summed E-state index contributed by atoms with van der Waals surface area (Å²) in [5, 5.41) is 0. The van der Waals surface area contributed by atoms with Gasteiger partial charge in [0.1, 0.15) is 6.17 Å². The zero-order valence-electron chi connectivity index (χ0n) is 13.0. The van der Waals surface area contributed by atoms with E-state index in [9.17, 15) is 4.39 Å². The van der Waals surface area contributed by atoms with Crippen LogP contribution in [0.5, 0.6) is 0 Å². The number of alkyl halides is 1. The van der Waals surface area contributed by atoms with Crippen LogP contribution in [0.3, 0.4) is 0 Å². The van der Waals surface area contributed by atoms with Gasteiger partial charge in [0, 0.05) is 37.9 Å². The van der Waals surface area contributed by atoms with Crippen LogP contribution in [-0.2, 0) is 11.3 Å². The van der Waals surface area contributed by atoms with E-state index in [1.54, 1.807) is 0 Å². The summed E-state index contributed by atoms with van der Waals surface area (Å²) >= 11 is 0. The second-order valence-corrected chi connectivity index (χ2v) is 6.43. The molecule has 0 aliphatic carbocycles. The SMILES string of the molecule is CCC(C)c1ccc(C2CCOC2)c(CN2CC(F)C2)n1. The lowest BCUT2D eigenvalue weighted by atomic mass is 9.94. The zero-order valence-corrected chi connectivity index (χ0v) is 13.0. The average Bonchev–Trinajstić information content (AvgIpc) is 2.98. The van der Waals surface area contributed by atoms with Gasteiger partial charge in [-0.2, -0.15) is 0 Å². The van der Waals surface area contributed by atoms with E-state index in [0.29, 0.717) is 24.9 Å². The van der Waals surface area contributed by atoms with E-state index in [0.717, 1.165) is 44.0 Å². The highest BCUT2D eigenvalue weighted by Gasteiger charge is 2.29. The van der Waals surface area contributed by atoms with E-state index in [4.69, 9.17) is 9.72 Å². The number of ether oxygens (including phenoxy) is 1. The van der Waals surface area contributed by atoms with Crippen molar-refractivity contribution in [2.45, 2.75) is 51.2 Å². The van der Waals surface area contributed by atoms with Gasteiger partial charge in [0.05, 0.1) is 12.3 Å². The van der Waals surface area contributed by atoms with Crippen molar-refractivity contribution in [1.29, 1.82) is 0 Å². The summed E-state index contributed by atoms with van der Waals surface area (Å²) in [6, 6.07) is 4.40. The third kappa shape index (κ3) is 3.27. The van der Waals surface area contributed by atoms with E-state index in [-0.39, 0.29) is 0 Å². The summed E-state index contributed by atoms with van der Waals surface area (Å²) in [7, 11) is 0. The van der Waals surface area contributed by atoms with Crippen molar-refractivity contribution in [3.05, 3.63) is 29.1 Å². The molecule has 116 valence electrons. The van der Waals surface area contributed by atoms with Gasteiger partial charge in [-0.15, -0.1) is 0 Å². The fourth-order valence-corrected chi connectivity index (χ4v) is 3.14. The van der Waals surface area contributed by atoms with Crippen LogP contribution in [0, 0.1) is 0 Å². The number of hydrogen-bond acceptors (Lipinski definition) is 3. The Morgan fingerprint density at radius 2 is 2.24 bits per heavy atom. The molecule has 4 heteroatoms. The van der Waals surface area contributed by atoms with E-state index >= 15 is 0 Å². The lowest BCUT2D eigenvalue weighted by molar-refractivity contribution is 0.0576. The van der Waals surface area contributed by atoms with Gasteiger partial charge >= 0.3 is 0 Å². The van der Waals surface area contributed by atoms with Crippen molar-refractivity contribution in [3.8, 4) is 0 Å². The van der Waals surface area contributed by atoms with Crippen LogP contribution in [0.25, 0.3) is 0 Å². The van der Waals surface area contributed by atoms with Crippen molar-refractivity contribution in [1.82, 2.24) is 9.88 Å². The van der Waals surface area contributed by atoms with E-state index < -0.39 is 6.17 Å². The van der Waals surface area contributed by atoms with Crippen molar-refractivity contribution in [2.75, 3.05) is 26.3 Å². The Labute approximate surface area is 126 Å². The molecule has 3 nitrogen and oxygen atoms in total. The smallest absolute Gasteiger partial charge is 0.125 e. The second kappa shape index (κ2) is 6.41. The summed E-state index contributed by atoms with van der Waals surface area (Å²) in [5.41, 5.74) is 3.60. The summed E-state index contributed by atoms with van der Waals surface area (Å²) in [4.78, 5) is 7.06. The number of aromatic nitrogens is 1. The van der Waals surface area contributed by atoms with Crippen LogP contribution >= 0.6 is 0 Å². The van der Waals surface area contributed by atoms with Crippen molar-refractivity contribution < 1.29 is 9.13 Å².